The van der Waals surface area contributed by atoms with Crippen LogP contribution in [0.2, 0.25) is 0 Å². The first kappa shape index (κ1) is 23.7. The van der Waals surface area contributed by atoms with Gasteiger partial charge in [0.25, 0.3) is 0 Å². The predicted octanol–water partition coefficient (Wildman–Crippen LogP) is 3.92. The summed E-state index contributed by atoms with van der Waals surface area (Å²) in [5.74, 6) is 3.02. The Morgan fingerprint density at radius 3 is 2.81 bits per heavy atom. The minimum absolute atomic E-state index is 0.0297. The Morgan fingerprint density at radius 1 is 1.44 bits per heavy atom. The van der Waals surface area contributed by atoms with E-state index in [1.165, 1.54) is 11.8 Å². The molecule has 0 aliphatic rings. The van der Waals surface area contributed by atoms with E-state index in [2.05, 4.69) is 16.2 Å². The molecule has 27 heavy (non-hydrogen) atoms. The summed E-state index contributed by atoms with van der Waals surface area (Å²) in [6.07, 6.45) is 4.00. The van der Waals surface area contributed by atoms with Crippen molar-refractivity contribution in [3.63, 3.8) is 0 Å². The summed E-state index contributed by atoms with van der Waals surface area (Å²) in [6.45, 7) is 2.92. The van der Waals surface area contributed by atoms with Crippen molar-refractivity contribution >= 4 is 29.4 Å². The van der Waals surface area contributed by atoms with Gasteiger partial charge in [0.15, 0.2) is 0 Å². The molecule has 1 rings (SSSR count). The van der Waals surface area contributed by atoms with E-state index in [0.717, 1.165) is 23.9 Å². The molecule has 9 heteroatoms. The van der Waals surface area contributed by atoms with Gasteiger partial charge >= 0.3 is 6.18 Å². The maximum absolute atomic E-state index is 12.3. The highest BCUT2D eigenvalue weighted by Crippen LogP contribution is 2.26. The zero-order chi connectivity index (χ0) is 20.1. The van der Waals surface area contributed by atoms with Crippen LogP contribution < -0.4 is 5.32 Å². The molecule has 0 spiro atoms. The van der Waals surface area contributed by atoms with E-state index in [-0.39, 0.29) is 30.0 Å². The lowest BCUT2D eigenvalue weighted by atomic mass is 10.3. The van der Waals surface area contributed by atoms with Gasteiger partial charge in [-0.1, -0.05) is 18.9 Å². The van der Waals surface area contributed by atoms with Crippen LogP contribution in [0.4, 0.5) is 13.2 Å². The lowest BCUT2D eigenvalue weighted by molar-refractivity contribution is -0.130. The highest BCUT2D eigenvalue weighted by molar-refractivity contribution is 7.99. The van der Waals surface area contributed by atoms with Crippen molar-refractivity contribution in [1.29, 1.82) is 0 Å². The number of nitrogens with one attached hydrogen (secondary N) is 1. The van der Waals surface area contributed by atoms with Gasteiger partial charge in [0.2, 0.25) is 5.91 Å². The van der Waals surface area contributed by atoms with Gasteiger partial charge in [-0.15, -0.1) is 18.2 Å². The van der Waals surface area contributed by atoms with E-state index in [0.29, 0.717) is 11.6 Å². The first-order valence-corrected chi connectivity index (χ1v) is 10.7. The van der Waals surface area contributed by atoms with Gasteiger partial charge in [-0.25, -0.2) is 0 Å². The maximum Gasteiger partial charge on any atom is 0.389 e. The van der Waals surface area contributed by atoms with Crippen molar-refractivity contribution in [1.82, 2.24) is 15.2 Å². The zero-order valence-electron chi connectivity index (χ0n) is 15.2. The molecule has 0 aliphatic heterocycles. The highest BCUT2D eigenvalue weighted by atomic mass is 32.2. The van der Waals surface area contributed by atoms with Crippen LogP contribution >= 0.6 is 23.5 Å². The van der Waals surface area contributed by atoms with Crippen molar-refractivity contribution in [2.24, 2.45) is 0 Å². The Bertz CT molecular complexity index is 594. The highest BCUT2D eigenvalue weighted by Gasteiger charge is 2.26. The number of thioether (sulfide) groups is 2. The van der Waals surface area contributed by atoms with Crippen molar-refractivity contribution in [3.05, 3.63) is 30.1 Å². The number of halogens is 3. The number of alkyl halides is 3. The number of hydrogen-bond acceptors (Lipinski definition) is 5. The molecular weight excluding hydrogens is 395 g/mol. The van der Waals surface area contributed by atoms with E-state index in [1.54, 1.807) is 17.3 Å². The number of terminal acetylenes is 1. The number of nitrogens with zero attached hydrogens (tertiary/aromatic N) is 2. The number of amides is 1. The Hall–Kier alpha value is -1.37. The summed E-state index contributed by atoms with van der Waals surface area (Å²) in [4.78, 5) is 18.0. The van der Waals surface area contributed by atoms with Crippen LogP contribution in [0.1, 0.15) is 30.7 Å². The second-order valence-electron chi connectivity index (χ2n) is 5.54. The quantitative estimate of drug-likeness (QED) is 0.316. The van der Waals surface area contributed by atoms with E-state index in [9.17, 15) is 18.0 Å². The van der Waals surface area contributed by atoms with E-state index >= 15 is 0 Å². The third-order valence-corrected chi connectivity index (χ3v) is 5.62. The fourth-order valence-electron chi connectivity index (χ4n) is 2.08. The normalized spacial score (nSPS) is 12.4. The van der Waals surface area contributed by atoms with Gasteiger partial charge in [-0.05, 0) is 18.2 Å². The lowest BCUT2D eigenvalue weighted by Gasteiger charge is -2.24. The summed E-state index contributed by atoms with van der Waals surface area (Å²) in [6, 6.07) is 3.81. The fraction of sp³-hybridized carbons (Fsp3) is 0.556. The molecule has 1 atom stereocenters. The summed E-state index contributed by atoms with van der Waals surface area (Å²) < 4.78 is 36.4. The van der Waals surface area contributed by atoms with Crippen LogP contribution in [0.25, 0.3) is 0 Å². The third-order valence-electron chi connectivity index (χ3n) is 3.40. The van der Waals surface area contributed by atoms with E-state index in [4.69, 9.17) is 6.42 Å². The number of aromatic nitrogens is 1. The Labute approximate surface area is 167 Å². The summed E-state index contributed by atoms with van der Waals surface area (Å²) in [5, 5.41) is 3.30. The van der Waals surface area contributed by atoms with Crippen molar-refractivity contribution in [2.45, 2.75) is 31.3 Å². The van der Waals surface area contributed by atoms with Gasteiger partial charge in [0, 0.05) is 30.3 Å². The molecule has 0 saturated heterocycles. The SMILES string of the molecule is C#CCN(CSC(NCC)c1cccnc1)C(=O)CCSCCC(F)(F)F. The molecule has 4 nitrogen and oxygen atoms in total. The van der Waals surface area contributed by atoms with Gasteiger partial charge in [-0.2, -0.15) is 24.9 Å². The minimum Gasteiger partial charge on any atom is -0.322 e. The van der Waals surface area contributed by atoms with Crippen molar-refractivity contribution in [2.75, 3.05) is 30.5 Å². The zero-order valence-corrected chi connectivity index (χ0v) is 16.8. The number of rotatable bonds is 12. The first-order chi connectivity index (χ1) is 12.9. The molecular formula is C18H24F3N3OS2. The molecule has 0 saturated carbocycles. The number of hydrogen-bond donors (Lipinski definition) is 1. The Morgan fingerprint density at radius 2 is 2.22 bits per heavy atom. The summed E-state index contributed by atoms with van der Waals surface area (Å²) in [7, 11) is 0. The molecule has 1 unspecified atom stereocenters. The van der Waals surface area contributed by atoms with Gasteiger partial charge < -0.3 is 10.2 Å². The van der Waals surface area contributed by atoms with Crippen molar-refractivity contribution in [3.8, 4) is 12.3 Å². The molecule has 0 fully saturated rings. The van der Waals surface area contributed by atoms with Crippen LogP contribution in [0.5, 0.6) is 0 Å². The molecule has 1 aromatic heterocycles. The third kappa shape index (κ3) is 10.5. The number of pyridine rings is 1. The molecule has 0 aliphatic carbocycles. The molecule has 0 bridgehead atoms. The van der Waals surface area contributed by atoms with Gasteiger partial charge in [-0.3, -0.25) is 9.78 Å². The molecule has 150 valence electrons. The molecule has 0 aromatic carbocycles. The average molecular weight is 420 g/mol. The number of carbonyl (C=O) groups is 1. The van der Waals surface area contributed by atoms with Crippen LogP contribution in [0.3, 0.4) is 0 Å². The number of carbonyl (C=O) groups excluding carboxylic acids is 1. The predicted molar refractivity (Wildman–Crippen MR) is 106 cm³/mol. The molecule has 1 amide bonds. The van der Waals surface area contributed by atoms with Gasteiger partial charge in [0.1, 0.15) is 0 Å². The second kappa shape index (κ2) is 12.9. The lowest BCUT2D eigenvalue weighted by Crippen LogP contribution is -2.32. The second-order valence-corrected chi connectivity index (χ2v) is 7.83. The Balaban J connectivity index is 2.49. The minimum atomic E-state index is -4.16. The smallest absolute Gasteiger partial charge is 0.322 e. The largest absolute Gasteiger partial charge is 0.389 e. The standard InChI is InChI=1S/C18H24F3N3OS2/c1-3-10-24(16(25)7-11-26-12-8-18(19,20)21)14-27-17(23-4-2)15-6-5-9-22-13-15/h1,5-6,9,13,17,23H,4,7-8,10-12,14H2,2H3. The van der Waals surface area contributed by atoms with Crippen molar-refractivity contribution < 1.29 is 18.0 Å². The van der Waals surface area contributed by atoms with Crippen LogP contribution in [-0.2, 0) is 4.79 Å². The molecule has 1 heterocycles. The van der Waals surface area contributed by atoms with Crippen LogP contribution in [-0.4, -0.2) is 52.4 Å². The van der Waals surface area contributed by atoms with E-state index < -0.39 is 12.6 Å². The molecule has 0 radical (unpaired) electrons. The Kier molecular flexibility index (Phi) is 11.3. The first-order valence-electron chi connectivity index (χ1n) is 8.48. The topological polar surface area (TPSA) is 45.2 Å². The van der Waals surface area contributed by atoms with E-state index in [1.807, 2.05) is 19.1 Å². The summed E-state index contributed by atoms with van der Waals surface area (Å²) >= 11 is 2.65. The fourth-order valence-corrected chi connectivity index (χ4v) is 4.16. The maximum atomic E-state index is 12.3. The molecule has 1 N–H and O–H groups in total. The van der Waals surface area contributed by atoms with Crippen LogP contribution in [0, 0.1) is 12.3 Å². The molecule has 1 aromatic rings. The van der Waals surface area contributed by atoms with Crippen LogP contribution in [0.15, 0.2) is 24.5 Å². The summed E-state index contributed by atoms with van der Waals surface area (Å²) in [5.41, 5.74) is 1.00. The van der Waals surface area contributed by atoms with Gasteiger partial charge in [0.05, 0.1) is 24.2 Å². The average Bonchev–Trinajstić information content (AvgIpc) is 2.63. The monoisotopic (exact) mass is 419 g/mol.